The van der Waals surface area contributed by atoms with Gasteiger partial charge in [-0.3, -0.25) is 4.79 Å². The van der Waals surface area contributed by atoms with Crippen LogP contribution in [0.2, 0.25) is 5.02 Å². The lowest BCUT2D eigenvalue weighted by Crippen LogP contribution is -2.31. The zero-order valence-corrected chi connectivity index (χ0v) is 18.0. The Morgan fingerprint density at radius 2 is 2.06 bits per heavy atom. The normalized spacial score (nSPS) is 16.0. The molecule has 2 aromatic carbocycles. The first kappa shape index (κ1) is 20.4. The van der Waals surface area contributed by atoms with E-state index in [0.29, 0.717) is 29.7 Å². The second kappa shape index (κ2) is 8.20. The number of hydrogen-bond acceptors (Lipinski definition) is 5. The predicted octanol–water partition coefficient (Wildman–Crippen LogP) is 5.00. The molecule has 32 heavy (non-hydrogen) atoms. The van der Waals surface area contributed by atoms with E-state index in [-0.39, 0.29) is 17.2 Å². The lowest BCUT2D eigenvalue weighted by Gasteiger charge is -2.23. The smallest absolute Gasteiger partial charge is 0.256 e. The molecule has 2 aromatic heterocycles. The molecule has 0 spiro atoms. The van der Waals surface area contributed by atoms with Gasteiger partial charge >= 0.3 is 0 Å². The van der Waals surface area contributed by atoms with Gasteiger partial charge in [-0.1, -0.05) is 35.0 Å². The highest BCUT2D eigenvalue weighted by molar-refractivity contribution is 6.31. The van der Waals surface area contributed by atoms with Crippen molar-refractivity contribution in [2.24, 2.45) is 0 Å². The number of carbonyl (C=O) groups is 1. The van der Waals surface area contributed by atoms with Crippen molar-refractivity contribution in [1.82, 2.24) is 24.8 Å². The van der Waals surface area contributed by atoms with E-state index in [9.17, 15) is 9.18 Å². The maximum absolute atomic E-state index is 14.7. The number of rotatable bonds is 4. The first-order chi connectivity index (χ1) is 15.5. The maximum atomic E-state index is 14.7. The van der Waals surface area contributed by atoms with E-state index in [1.54, 1.807) is 29.3 Å². The van der Waals surface area contributed by atoms with Gasteiger partial charge < -0.3 is 9.42 Å². The molecule has 0 radical (unpaired) electrons. The Balaban J connectivity index is 1.48. The Morgan fingerprint density at radius 3 is 2.88 bits per heavy atom. The van der Waals surface area contributed by atoms with Crippen molar-refractivity contribution in [2.45, 2.75) is 25.8 Å². The number of para-hydroxylation sites is 1. The average molecular weight is 452 g/mol. The SMILES string of the molecule is Cc1c(Cl)cccc1-c1noc([C@@H]2CCCN2C(=O)c2cccc(F)c2-n2cccn2)n1. The monoisotopic (exact) mass is 451 g/mol. The lowest BCUT2D eigenvalue weighted by molar-refractivity contribution is 0.0709. The molecular weight excluding hydrogens is 433 g/mol. The summed E-state index contributed by atoms with van der Waals surface area (Å²) in [5, 5.41) is 8.83. The van der Waals surface area contributed by atoms with Gasteiger partial charge in [0.1, 0.15) is 17.5 Å². The molecule has 3 heterocycles. The topological polar surface area (TPSA) is 77.0 Å². The van der Waals surface area contributed by atoms with Crippen LogP contribution in [0.3, 0.4) is 0 Å². The van der Waals surface area contributed by atoms with Crippen LogP contribution in [0, 0.1) is 12.7 Å². The molecule has 1 aliphatic heterocycles. The van der Waals surface area contributed by atoms with Crippen molar-refractivity contribution in [2.75, 3.05) is 6.54 Å². The molecule has 1 aliphatic rings. The maximum Gasteiger partial charge on any atom is 0.256 e. The van der Waals surface area contributed by atoms with Crippen LogP contribution in [0.15, 0.2) is 59.4 Å². The number of hydrogen-bond donors (Lipinski definition) is 0. The van der Waals surface area contributed by atoms with Crippen molar-refractivity contribution in [3.05, 3.63) is 82.7 Å². The van der Waals surface area contributed by atoms with Gasteiger partial charge in [0.2, 0.25) is 11.7 Å². The number of likely N-dealkylation sites (tertiary alicyclic amines) is 1. The zero-order valence-electron chi connectivity index (χ0n) is 17.2. The van der Waals surface area contributed by atoms with Crippen molar-refractivity contribution < 1.29 is 13.7 Å². The summed E-state index contributed by atoms with van der Waals surface area (Å²) < 4.78 is 21.6. The largest absolute Gasteiger partial charge is 0.337 e. The summed E-state index contributed by atoms with van der Waals surface area (Å²) in [5.74, 6) is -0.0625. The first-order valence-corrected chi connectivity index (χ1v) is 10.6. The van der Waals surface area contributed by atoms with E-state index in [1.165, 1.54) is 23.0 Å². The quantitative estimate of drug-likeness (QED) is 0.436. The Hall–Kier alpha value is -3.52. The minimum atomic E-state index is -0.521. The van der Waals surface area contributed by atoms with Crippen LogP contribution in [-0.2, 0) is 0 Å². The Labute approximate surface area is 188 Å². The van der Waals surface area contributed by atoms with E-state index in [4.69, 9.17) is 16.1 Å². The second-order valence-corrected chi connectivity index (χ2v) is 8.02. The van der Waals surface area contributed by atoms with Gasteiger partial charge in [-0.25, -0.2) is 9.07 Å². The van der Waals surface area contributed by atoms with Crippen LogP contribution in [0.1, 0.15) is 40.7 Å². The van der Waals surface area contributed by atoms with Crippen molar-refractivity contribution in [3.8, 4) is 17.1 Å². The fourth-order valence-electron chi connectivity index (χ4n) is 4.07. The summed E-state index contributed by atoms with van der Waals surface area (Å²) in [6.07, 6.45) is 4.59. The molecule has 162 valence electrons. The number of carbonyl (C=O) groups excluding carboxylic acids is 1. The first-order valence-electron chi connectivity index (χ1n) is 10.2. The summed E-state index contributed by atoms with van der Waals surface area (Å²) in [7, 11) is 0. The number of benzene rings is 2. The van der Waals surface area contributed by atoms with Crippen LogP contribution in [0.25, 0.3) is 17.1 Å². The molecule has 4 aromatic rings. The highest BCUT2D eigenvalue weighted by atomic mass is 35.5. The molecule has 5 rings (SSSR count). The molecule has 1 fully saturated rings. The van der Waals surface area contributed by atoms with Crippen molar-refractivity contribution in [3.63, 3.8) is 0 Å². The van der Waals surface area contributed by atoms with Crippen LogP contribution < -0.4 is 0 Å². The average Bonchev–Trinajstić information content (AvgIpc) is 3.56. The Morgan fingerprint density at radius 1 is 1.22 bits per heavy atom. The Kier molecular flexibility index (Phi) is 5.22. The fraction of sp³-hybridized carbons (Fsp3) is 0.217. The van der Waals surface area contributed by atoms with Crippen LogP contribution in [0.4, 0.5) is 4.39 Å². The molecule has 0 unspecified atom stereocenters. The molecule has 0 N–H and O–H groups in total. The summed E-state index contributed by atoms with van der Waals surface area (Å²) >= 11 is 6.22. The van der Waals surface area contributed by atoms with Crippen LogP contribution in [-0.4, -0.2) is 37.3 Å². The van der Waals surface area contributed by atoms with E-state index >= 15 is 0 Å². The third-order valence-corrected chi connectivity index (χ3v) is 6.11. The van der Waals surface area contributed by atoms with Gasteiger partial charge in [-0.15, -0.1) is 0 Å². The van der Waals surface area contributed by atoms with Gasteiger partial charge in [0, 0.05) is 29.5 Å². The lowest BCUT2D eigenvalue weighted by atomic mass is 10.1. The fourth-order valence-corrected chi connectivity index (χ4v) is 4.25. The summed E-state index contributed by atoms with van der Waals surface area (Å²) in [6.45, 7) is 2.40. The van der Waals surface area contributed by atoms with E-state index in [0.717, 1.165) is 17.5 Å². The predicted molar refractivity (Wildman–Crippen MR) is 116 cm³/mol. The molecule has 1 amide bonds. The molecule has 1 saturated heterocycles. The third-order valence-electron chi connectivity index (χ3n) is 5.70. The molecule has 0 saturated carbocycles. The van der Waals surface area contributed by atoms with Gasteiger partial charge in [-0.2, -0.15) is 10.1 Å². The zero-order chi connectivity index (χ0) is 22.2. The standard InChI is InChI=1S/C23H19ClFN5O2/c1-14-15(6-2-8-17(14)24)21-27-22(32-28-21)19-10-4-12-29(19)23(31)16-7-3-9-18(25)20(16)30-13-5-11-26-30/h2-3,5-9,11,13,19H,4,10,12H2,1H3/t19-/m0/s1. The Bertz CT molecular complexity index is 1290. The number of aromatic nitrogens is 4. The summed E-state index contributed by atoms with van der Waals surface area (Å²) in [5.41, 5.74) is 1.97. The van der Waals surface area contributed by atoms with Gasteiger partial charge in [-0.05, 0) is 49.6 Å². The van der Waals surface area contributed by atoms with Crippen molar-refractivity contribution >= 4 is 17.5 Å². The highest BCUT2D eigenvalue weighted by Gasteiger charge is 2.36. The molecule has 7 nitrogen and oxygen atoms in total. The third kappa shape index (κ3) is 3.46. The van der Waals surface area contributed by atoms with Gasteiger partial charge in [0.25, 0.3) is 5.91 Å². The van der Waals surface area contributed by atoms with E-state index in [1.807, 2.05) is 19.1 Å². The minimum absolute atomic E-state index is 0.119. The van der Waals surface area contributed by atoms with Gasteiger partial charge in [0.15, 0.2) is 0 Å². The van der Waals surface area contributed by atoms with E-state index in [2.05, 4.69) is 15.2 Å². The number of nitrogens with zero attached hydrogens (tertiary/aromatic N) is 5. The summed E-state index contributed by atoms with van der Waals surface area (Å²) in [4.78, 5) is 19.7. The molecular formula is C23H19ClFN5O2. The number of halogens is 2. The van der Waals surface area contributed by atoms with Crippen LogP contribution in [0.5, 0.6) is 0 Å². The van der Waals surface area contributed by atoms with Crippen molar-refractivity contribution in [1.29, 1.82) is 0 Å². The molecule has 0 aliphatic carbocycles. The summed E-state index contributed by atoms with van der Waals surface area (Å²) in [6, 6.07) is 11.2. The molecule has 9 heteroatoms. The molecule has 1 atom stereocenters. The number of amides is 1. The molecule has 0 bridgehead atoms. The second-order valence-electron chi connectivity index (χ2n) is 7.61. The van der Waals surface area contributed by atoms with Crippen LogP contribution >= 0.6 is 11.6 Å². The van der Waals surface area contributed by atoms with Gasteiger partial charge in [0.05, 0.1) is 5.56 Å². The minimum Gasteiger partial charge on any atom is -0.337 e. The highest BCUT2D eigenvalue weighted by Crippen LogP contribution is 2.35. The van der Waals surface area contributed by atoms with E-state index < -0.39 is 11.9 Å².